The molecule has 1 amide bonds. The number of amides is 1. The molecule has 1 aliphatic heterocycles. The van der Waals surface area contributed by atoms with Crippen LogP contribution in [0.2, 0.25) is 0 Å². The number of nitrogens with one attached hydrogen (secondary N) is 1. The van der Waals surface area contributed by atoms with Crippen molar-refractivity contribution >= 4 is 22.8 Å². The van der Waals surface area contributed by atoms with Crippen LogP contribution in [0.1, 0.15) is 19.3 Å². The number of anilines is 1. The van der Waals surface area contributed by atoms with Gasteiger partial charge in [-0.25, -0.2) is 9.97 Å². The first-order valence-electron chi connectivity index (χ1n) is 7.89. The van der Waals surface area contributed by atoms with Gasteiger partial charge in [-0.3, -0.25) is 4.79 Å². The lowest BCUT2D eigenvalue weighted by molar-refractivity contribution is -0.130. The minimum atomic E-state index is -0.0601. The Bertz CT molecular complexity index is 787. The molecule has 7 nitrogen and oxygen atoms in total. The van der Waals surface area contributed by atoms with Gasteiger partial charge in [0, 0.05) is 37.8 Å². The van der Waals surface area contributed by atoms with Gasteiger partial charge in [-0.05, 0) is 18.9 Å². The van der Waals surface area contributed by atoms with E-state index in [0.717, 1.165) is 49.3 Å². The molecule has 1 saturated carbocycles. The summed E-state index contributed by atoms with van der Waals surface area (Å²) in [4.78, 5) is 28.1. The molecule has 3 heterocycles. The third-order valence-corrected chi connectivity index (χ3v) is 4.86. The Hall–Kier alpha value is -2.62. The molecule has 2 aromatic heterocycles. The highest BCUT2D eigenvalue weighted by Gasteiger charge is 2.47. The molecule has 0 atom stereocenters. The largest absolute Gasteiger partial charge is 0.354 e. The summed E-state index contributed by atoms with van der Waals surface area (Å²) in [7, 11) is 0. The number of nitriles is 1. The molecular weight excluding hydrogens is 292 g/mol. The summed E-state index contributed by atoms with van der Waals surface area (Å²) in [6.07, 6.45) is 5.67. The summed E-state index contributed by atoms with van der Waals surface area (Å²) in [6, 6.07) is 3.96. The van der Waals surface area contributed by atoms with Crippen LogP contribution in [0.15, 0.2) is 18.6 Å². The normalized spacial score (nSPS) is 19.6. The van der Waals surface area contributed by atoms with E-state index in [2.05, 4.69) is 19.9 Å². The van der Waals surface area contributed by atoms with Crippen LogP contribution in [0, 0.1) is 16.7 Å². The van der Waals surface area contributed by atoms with E-state index in [0.29, 0.717) is 6.54 Å². The van der Waals surface area contributed by atoms with Crippen LogP contribution in [-0.4, -0.2) is 51.9 Å². The van der Waals surface area contributed by atoms with Crippen LogP contribution >= 0.6 is 0 Å². The van der Waals surface area contributed by atoms with Crippen molar-refractivity contribution in [3.63, 3.8) is 0 Å². The van der Waals surface area contributed by atoms with Gasteiger partial charge in [-0.1, -0.05) is 0 Å². The topological polar surface area (TPSA) is 88.9 Å². The molecule has 23 heavy (non-hydrogen) atoms. The van der Waals surface area contributed by atoms with Crippen molar-refractivity contribution in [2.24, 2.45) is 5.41 Å². The lowest BCUT2D eigenvalue weighted by Crippen LogP contribution is -2.36. The van der Waals surface area contributed by atoms with E-state index in [4.69, 9.17) is 5.26 Å². The first kappa shape index (κ1) is 14.0. The molecule has 1 aliphatic carbocycles. The van der Waals surface area contributed by atoms with E-state index in [1.54, 1.807) is 6.33 Å². The van der Waals surface area contributed by atoms with Crippen molar-refractivity contribution in [2.75, 3.05) is 31.1 Å². The summed E-state index contributed by atoms with van der Waals surface area (Å²) in [5.74, 6) is 0.868. The van der Waals surface area contributed by atoms with Gasteiger partial charge >= 0.3 is 0 Å². The second kappa shape index (κ2) is 5.23. The van der Waals surface area contributed by atoms with Crippen molar-refractivity contribution in [3.05, 3.63) is 18.6 Å². The van der Waals surface area contributed by atoms with Crippen molar-refractivity contribution in [1.82, 2.24) is 19.9 Å². The Labute approximate surface area is 133 Å². The van der Waals surface area contributed by atoms with Gasteiger partial charge in [0.2, 0.25) is 5.91 Å². The molecule has 0 unspecified atom stereocenters. The van der Waals surface area contributed by atoms with Gasteiger partial charge in [0.05, 0.1) is 11.5 Å². The number of H-pyrrole nitrogens is 1. The van der Waals surface area contributed by atoms with E-state index in [1.165, 1.54) is 0 Å². The molecule has 1 spiro atoms. The van der Waals surface area contributed by atoms with Gasteiger partial charge in [0.25, 0.3) is 0 Å². The molecule has 0 aromatic carbocycles. The SMILES string of the molecule is N#CCC(=O)N1CCN(c2ncnc3[nH]ccc23)CC2(CC2)C1. The van der Waals surface area contributed by atoms with E-state index in [1.807, 2.05) is 23.2 Å². The van der Waals surface area contributed by atoms with Crippen LogP contribution in [0.25, 0.3) is 11.0 Å². The number of carbonyl (C=O) groups excluding carboxylic acids is 1. The molecule has 7 heteroatoms. The van der Waals surface area contributed by atoms with E-state index in [-0.39, 0.29) is 17.7 Å². The molecule has 1 saturated heterocycles. The van der Waals surface area contributed by atoms with E-state index in [9.17, 15) is 4.79 Å². The zero-order valence-corrected chi connectivity index (χ0v) is 12.8. The maximum atomic E-state index is 12.1. The average molecular weight is 310 g/mol. The average Bonchev–Trinajstić information content (AvgIpc) is 3.19. The monoisotopic (exact) mass is 310 g/mol. The van der Waals surface area contributed by atoms with Crippen LogP contribution in [0.3, 0.4) is 0 Å². The minimum Gasteiger partial charge on any atom is -0.354 e. The maximum Gasteiger partial charge on any atom is 0.236 e. The third-order valence-electron chi connectivity index (χ3n) is 4.86. The van der Waals surface area contributed by atoms with Gasteiger partial charge in [-0.2, -0.15) is 5.26 Å². The van der Waals surface area contributed by atoms with Gasteiger partial charge < -0.3 is 14.8 Å². The first-order chi connectivity index (χ1) is 11.2. The lowest BCUT2D eigenvalue weighted by Gasteiger charge is -2.25. The van der Waals surface area contributed by atoms with Crippen LogP contribution in [0.4, 0.5) is 5.82 Å². The van der Waals surface area contributed by atoms with Crippen molar-refractivity contribution in [2.45, 2.75) is 19.3 Å². The zero-order valence-electron chi connectivity index (χ0n) is 12.8. The summed E-state index contributed by atoms with van der Waals surface area (Å²) in [5, 5.41) is 9.79. The Kier molecular flexibility index (Phi) is 3.18. The van der Waals surface area contributed by atoms with Crippen molar-refractivity contribution < 1.29 is 4.79 Å². The fraction of sp³-hybridized carbons (Fsp3) is 0.500. The second-order valence-corrected chi connectivity index (χ2v) is 6.51. The predicted octanol–water partition coefficient (Wildman–Crippen LogP) is 1.30. The smallest absolute Gasteiger partial charge is 0.236 e. The van der Waals surface area contributed by atoms with Gasteiger partial charge in [-0.15, -0.1) is 0 Å². The third kappa shape index (κ3) is 2.50. The number of hydrogen-bond donors (Lipinski definition) is 1. The van der Waals surface area contributed by atoms with E-state index >= 15 is 0 Å². The Morgan fingerprint density at radius 2 is 2.22 bits per heavy atom. The van der Waals surface area contributed by atoms with Gasteiger partial charge in [0.1, 0.15) is 24.2 Å². The lowest BCUT2D eigenvalue weighted by atomic mass is 10.1. The fourth-order valence-electron chi connectivity index (χ4n) is 3.44. The van der Waals surface area contributed by atoms with Crippen molar-refractivity contribution in [1.29, 1.82) is 5.26 Å². The van der Waals surface area contributed by atoms with Crippen LogP contribution < -0.4 is 4.90 Å². The quantitative estimate of drug-likeness (QED) is 0.903. The molecule has 0 bridgehead atoms. The molecule has 1 N–H and O–H groups in total. The number of nitrogens with zero attached hydrogens (tertiary/aromatic N) is 5. The summed E-state index contributed by atoms with van der Waals surface area (Å²) in [6.45, 7) is 3.03. The predicted molar refractivity (Wildman–Crippen MR) is 84.6 cm³/mol. The Morgan fingerprint density at radius 1 is 1.35 bits per heavy atom. The first-order valence-corrected chi connectivity index (χ1v) is 7.89. The number of rotatable bonds is 2. The van der Waals surface area contributed by atoms with Gasteiger partial charge in [0.15, 0.2) is 0 Å². The summed E-state index contributed by atoms with van der Waals surface area (Å²) < 4.78 is 0. The van der Waals surface area contributed by atoms with Crippen molar-refractivity contribution in [3.8, 4) is 6.07 Å². The van der Waals surface area contributed by atoms with Crippen LogP contribution in [-0.2, 0) is 4.79 Å². The molecule has 118 valence electrons. The number of aromatic nitrogens is 3. The molecule has 2 aliphatic rings. The zero-order chi connectivity index (χ0) is 15.9. The second-order valence-electron chi connectivity index (χ2n) is 6.51. The molecule has 4 rings (SSSR count). The minimum absolute atomic E-state index is 0.0361. The number of hydrogen-bond acceptors (Lipinski definition) is 5. The highest BCUT2D eigenvalue weighted by atomic mass is 16.2. The maximum absolute atomic E-state index is 12.1. The fourth-order valence-corrected chi connectivity index (χ4v) is 3.44. The molecule has 2 aromatic rings. The molecular formula is C16H18N6O. The summed E-state index contributed by atoms with van der Waals surface area (Å²) >= 11 is 0. The number of carbonyl (C=O) groups is 1. The van der Waals surface area contributed by atoms with E-state index < -0.39 is 0 Å². The molecule has 2 fully saturated rings. The highest BCUT2D eigenvalue weighted by Crippen LogP contribution is 2.48. The standard InChI is InChI=1S/C16H18N6O/c17-5-1-13(23)21-7-8-22(10-16(9-21)3-4-16)15-12-2-6-18-14(12)19-11-20-15/h2,6,11H,1,3-4,7-10H2,(H,18,19,20). The Balaban J connectivity index is 1.63. The molecule has 0 radical (unpaired) electrons. The van der Waals surface area contributed by atoms with Crippen LogP contribution in [0.5, 0.6) is 0 Å². The Morgan fingerprint density at radius 3 is 3.00 bits per heavy atom. The summed E-state index contributed by atoms with van der Waals surface area (Å²) in [5.41, 5.74) is 0.997. The number of fused-ring (bicyclic) bond motifs is 1. The highest BCUT2D eigenvalue weighted by molar-refractivity contribution is 5.87. The number of aromatic amines is 1.